The zero-order valence-electron chi connectivity index (χ0n) is 8.63. The molecule has 17 heavy (non-hydrogen) atoms. The van der Waals surface area contributed by atoms with Crippen LogP contribution in [-0.4, -0.2) is 16.1 Å². The van der Waals surface area contributed by atoms with Gasteiger partial charge < -0.3 is 9.84 Å². The van der Waals surface area contributed by atoms with E-state index in [-0.39, 0.29) is 5.56 Å². The van der Waals surface area contributed by atoms with Crippen LogP contribution in [0.4, 0.5) is 0 Å². The maximum absolute atomic E-state index is 10.9. The molecule has 0 aliphatic rings. The Balaban J connectivity index is 2.29. The third kappa shape index (κ3) is 2.82. The Kier molecular flexibility index (Phi) is 3.39. The molecule has 1 N–H and O–H groups in total. The van der Waals surface area contributed by atoms with Crippen molar-refractivity contribution in [2.24, 2.45) is 0 Å². The quantitative estimate of drug-likeness (QED) is 0.943. The lowest BCUT2D eigenvalue weighted by molar-refractivity contribution is 0.0695. The lowest BCUT2D eigenvalue weighted by atomic mass is 10.2. The van der Waals surface area contributed by atoms with E-state index in [1.54, 1.807) is 36.7 Å². The summed E-state index contributed by atoms with van der Waals surface area (Å²) in [7, 11) is 0. The van der Waals surface area contributed by atoms with Gasteiger partial charge in [-0.3, -0.25) is 4.98 Å². The predicted molar refractivity (Wildman–Crippen MR) is 65.4 cm³/mol. The number of hydrogen-bond donors (Lipinski definition) is 1. The molecule has 5 heteroatoms. The molecule has 1 aromatic heterocycles. The van der Waals surface area contributed by atoms with Gasteiger partial charge in [0, 0.05) is 10.7 Å². The summed E-state index contributed by atoms with van der Waals surface area (Å²) in [5.74, 6) is 0.0123. The summed E-state index contributed by atoms with van der Waals surface area (Å²) >= 11 is 3.17. The highest BCUT2D eigenvalue weighted by atomic mass is 79.9. The smallest absolute Gasteiger partial charge is 0.336 e. The van der Waals surface area contributed by atoms with Crippen LogP contribution in [0.15, 0.2) is 47.2 Å². The molecule has 1 heterocycles. The number of pyridine rings is 1. The molecule has 0 spiro atoms. The Morgan fingerprint density at radius 2 is 2.12 bits per heavy atom. The van der Waals surface area contributed by atoms with Gasteiger partial charge in [-0.2, -0.15) is 0 Å². The van der Waals surface area contributed by atoms with Crippen molar-refractivity contribution in [1.29, 1.82) is 0 Å². The van der Waals surface area contributed by atoms with Crippen molar-refractivity contribution in [2.45, 2.75) is 0 Å². The second kappa shape index (κ2) is 4.97. The summed E-state index contributed by atoms with van der Waals surface area (Å²) < 4.78 is 5.99. The van der Waals surface area contributed by atoms with Gasteiger partial charge in [-0.05, 0) is 46.3 Å². The molecule has 0 fully saturated rings. The number of aromatic nitrogens is 1. The summed E-state index contributed by atoms with van der Waals surface area (Å²) in [5, 5.41) is 8.96. The lowest BCUT2D eigenvalue weighted by Gasteiger charge is -2.06. The molecule has 0 aliphatic heterocycles. The molecular weight excluding hydrogens is 286 g/mol. The van der Waals surface area contributed by atoms with E-state index in [9.17, 15) is 4.79 Å². The van der Waals surface area contributed by atoms with Gasteiger partial charge in [0.1, 0.15) is 11.5 Å². The first-order chi connectivity index (χ1) is 8.16. The summed E-state index contributed by atoms with van der Waals surface area (Å²) in [5.41, 5.74) is 0.159. The third-order valence-electron chi connectivity index (χ3n) is 2.04. The number of benzene rings is 1. The number of halogens is 1. The molecule has 0 atom stereocenters. The number of carboxylic acid groups (broad SMARTS) is 1. The zero-order chi connectivity index (χ0) is 12.3. The van der Waals surface area contributed by atoms with Gasteiger partial charge in [0.15, 0.2) is 0 Å². The Morgan fingerprint density at radius 1 is 1.29 bits per heavy atom. The van der Waals surface area contributed by atoms with Crippen molar-refractivity contribution in [2.75, 3.05) is 0 Å². The van der Waals surface area contributed by atoms with Crippen molar-refractivity contribution in [3.8, 4) is 11.5 Å². The highest BCUT2D eigenvalue weighted by Gasteiger charge is 2.09. The SMILES string of the molecule is O=C(O)c1cc(Oc2cccnc2)ccc1Br. The van der Waals surface area contributed by atoms with E-state index in [1.165, 1.54) is 6.07 Å². The molecule has 0 saturated heterocycles. The average molecular weight is 294 g/mol. The number of hydrogen-bond acceptors (Lipinski definition) is 3. The highest BCUT2D eigenvalue weighted by molar-refractivity contribution is 9.10. The fraction of sp³-hybridized carbons (Fsp3) is 0. The molecule has 0 aliphatic carbocycles. The second-order valence-electron chi connectivity index (χ2n) is 3.24. The first-order valence-electron chi connectivity index (χ1n) is 4.77. The normalized spacial score (nSPS) is 9.94. The molecule has 1 aromatic carbocycles. The van der Waals surface area contributed by atoms with Crippen molar-refractivity contribution in [3.63, 3.8) is 0 Å². The van der Waals surface area contributed by atoms with Crippen molar-refractivity contribution >= 4 is 21.9 Å². The van der Waals surface area contributed by atoms with E-state index >= 15 is 0 Å². The third-order valence-corrected chi connectivity index (χ3v) is 2.73. The number of carboxylic acids is 1. The van der Waals surface area contributed by atoms with E-state index in [0.717, 1.165) is 0 Å². The van der Waals surface area contributed by atoms with E-state index in [4.69, 9.17) is 9.84 Å². The summed E-state index contributed by atoms with van der Waals surface area (Å²) in [4.78, 5) is 14.8. The minimum absolute atomic E-state index is 0.159. The fourth-order valence-corrected chi connectivity index (χ4v) is 1.69. The summed E-state index contributed by atoms with van der Waals surface area (Å²) in [6.45, 7) is 0. The first-order valence-corrected chi connectivity index (χ1v) is 5.57. The Labute approximate surface area is 106 Å². The summed E-state index contributed by atoms with van der Waals surface area (Å²) in [6, 6.07) is 8.26. The molecular formula is C12H8BrNO3. The summed E-state index contributed by atoms with van der Waals surface area (Å²) in [6.07, 6.45) is 3.19. The van der Waals surface area contributed by atoms with E-state index in [1.807, 2.05) is 0 Å². The van der Waals surface area contributed by atoms with Crippen molar-refractivity contribution < 1.29 is 14.6 Å². The maximum atomic E-state index is 10.9. The van der Waals surface area contributed by atoms with E-state index in [2.05, 4.69) is 20.9 Å². The van der Waals surface area contributed by atoms with Crippen LogP contribution in [0, 0.1) is 0 Å². The lowest BCUT2D eigenvalue weighted by Crippen LogP contribution is -1.98. The minimum atomic E-state index is -1.01. The monoisotopic (exact) mass is 293 g/mol. The van der Waals surface area contributed by atoms with Crippen LogP contribution in [0.3, 0.4) is 0 Å². The fourth-order valence-electron chi connectivity index (χ4n) is 1.28. The largest absolute Gasteiger partial charge is 0.478 e. The molecule has 0 radical (unpaired) electrons. The number of ether oxygens (including phenoxy) is 1. The van der Waals surface area contributed by atoms with Gasteiger partial charge in [-0.25, -0.2) is 4.79 Å². The molecule has 0 amide bonds. The second-order valence-corrected chi connectivity index (χ2v) is 4.09. The highest BCUT2D eigenvalue weighted by Crippen LogP contribution is 2.26. The molecule has 86 valence electrons. The van der Waals surface area contributed by atoms with Gasteiger partial charge in [0.2, 0.25) is 0 Å². The Bertz CT molecular complexity index is 543. The molecule has 0 saturated carbocycles. The van der Waals surface area contributed by atoms with E-state index < -0.39 is 5.97 Å². The molecule has 2 rings (SSSR count). The van der Waals surface area contributed by atoms with Crippen LogP contribution < -0.4 is 4.74 Å². The van der Waals surface area contributed by atoms with Crippen LogP contribution >= 0.6 is 15.9 Å². The number of aromatic carboxylic acids is 1. The maximum Gasteiger partial charge on any atom is 0.336 e. The van der Waals surface area contributed by atoms with Crippen LogP contribution in [0.2, 0.25) is 0 Å². The minimum Gasteiger partial charge on any atom is -0.478 e. The number of carbonyl (C=O) groups is 1. The number of nitrogens with zero attached hydrogens (tertiary/aromatic N) is 1. The zero-order valence-corrected chi connectivity index (χ0v) is 10.2. The van der Waals surface area contributed by atoms with Gasteiger partial charge in [0.05, 0.1) is 11.8 Å². The molecule has 4 nitrogen and oxygen atoms in total. The molecule has 2 aromatic rings. The average Bonchev–Trinajstić information content (AvgIpc) is 2.32. The van der Waals surface area contributed by atoms with Gasteiger partial charge in [0.25, 0.3) is 0 Å². The van der Waals surface area contributed by atoms with Crippen LogP contribution in [0.5, 0.6) is 11.5 Å². The molecule has 0 bridgehead atoms. The standard InChI is InChI=1S/C12H8BrNO3/c13-11-4-3-8(6-10(11)12(15)16)17-9-2-1-5-14-7-9/h1-7H,(H,15,16). The Morgan fingerprint density at radius 3 is 2.76 bits per heavy atom. The van der Waals surface area contributed by atoms with Gasteiger partial charge in [-0.15, -0.1) is 0 Å². The van der Waals surface area contributed by atoms with E-state index in [0.29, 0.717) is 16.0 Å². The van der Waals surface area contributed by atoms with Crippen molar-refractivity contribution in [3.05, 3.63) is 52.8 Å². The van der Waals surface area contributed by atoms with Crippen LogP contribution in [0.25, 0.3) is 0 Å². The van der Waals surface area contributed by atoms with Gasteiger partial charge in [-0.1, -0.05) is 0 Å². The predicted octanol–water partition coefficient (Wildman–Crippen LogP) is 3.33. The van der Waals surface area contributed by atoms with Gasteiger partial charge >= 0.3 is 5.97 Å². The Hall–Kier alpha value is -1.88. The number of rotatable bonds is 3. The van der Waals surface area contributed by atoms with Crippen LogP contribution in [-0.2, 0) is 0 Å². The molecule has 0 unspecified atom stereocenters. The van der Waals surface area contributed by atoms with Crippen LogP contribution in [0.1, 0.15) is 10.4 Å². The first kappa shape index (κ1) is 11.6. The van der Waals surface area contributed by atoms with Crippen molar-refractivity contribution in [1.82, 2.24) is 4.98 Å². The topological polar surface area (TPSA) is 59.4 Å².